The van der Waals surface area contributed by atoms with E-state index in [1.807, 2.05) is 6.92 Å². The maximum atomic E-state index is 11.9. The first-order valence-electron chi connectivity index (χ1n) is 5.80. The fourth-order valence-electron chi connectivity index (χ4n) is 1.45. The third-order valence-corrected chi connectivity index (χ3v) is 4.53. The van der Waals surface area contributed by atoms with Crippen LogP contribution in [0.3, 0.4) is 0 Å². The van der Waals surface area contributed by atoms with Gasteiger partial charge >= 0.3 is 5.91 Å². The highest BCUT2D eigenvalue weighted by atomic mass is 32.4. The molecule has 0 spiro atoms. The Kier molecular flexibility index (Phi) is 7.54. The molecule has 0 aliphatic carbocycles. The zero-order valence-electron chi connectivity index (χ0n) is 10.7. The van der Waals surface area contributed by atoms with Crippen molar-refractivity contribution in [3.05, 3.63) is 10.1 Å². The predicted molar refractivity (Wildman–Crippen MR) is 75.0 cm³/mol. The minimum atomic E-state index is -2.94. The highest BCUT2D eigenvalue weighted by Crippen LogP contribution is 2.31. The van der Waals surface area contributed by atoms with Gasteiger partial charge in [-0.05, 0) is 18.2 Å². The summed E-state index contributed by atoms with van der Waals surface area (Å²) in [7, 11) is 1.33. The number of rotatable bonds is 8. The summed E-state index contributed by atoms with van der Waals surface area (Å²) in [5.74, 6) is -0.690. The summed E-state index contributed by atoms with van der Waals surface area (Å²) >= 11 is 4.79. The van der Waals surface area contributed by atoms with Gasteiger partial charge in [-0.25, -0.2) is 0 Å². The number of nitro groups is 1. The highest BCUT2D eigenvalue weighted by Gasteiger charge is 2.34. The van der Waals surface area contributed by atoms with E-state index in [9.17, 15) is 14.9 Å². The average Bonchev–Trinajstić information content (AvgIpc) is 2.25. The van der Waals surface area contributed by atoms with Gasteiger partial charge in [-0.3, -0.25) is 30.6 Å². The smallest absolute Gasteiger partial charge is 0.289 e. The topological polar surface area (TPSA) is 115 Å². The minimum absolute atomic E-state index is 0.200. The largest absolute Gasteiger partial charge is 0.302 e. The van der Waals surface area contributed by atoms with Gasteiger partial charge in [-0.15, -0.1) is 0 Å². The molecule has 0 aromatic rings. The molecule has 0 aliphatic rings. The van der Waals surface area contributed by atoms with Crippen LogP contribution in [0.4, 0.5) is 0 Å². The molecule has 0 radical (unpaired) electrons. The molecule has 0 saturated heterocycles. The van der Waals surface area contributed by atoms with Crippen molar-refractivity contribution < 1.29 is 9.72 Å². The van der Waals surface area contributed by atoms with Gasteiger partial charge in [0.05, 0.1) is 0 Å². The molecule has 1 unspecified atom stereocenters. The van der Waals surface area contributed by atoms with Crippen LogP contribution in [-0.2, 0) is 16.6 Å². The molecule has 1 atom stereocenters. The van der Waals surface area contributed by atoms with Crippen LogP contribution in [0.2, 0.25) is 0 Å². The third kappa shape index (κ3) is 5.86. The highest BCUT2D eigenvalue weighted by molar-refractivity contribution is 8.11. The molecule has 18 heavy (non-hydrogen) atoms. The summed E-state index contributed by atoms with van der Waals surface area (Å²) in [5.41, 5.74) is 11.0. The van der Waals surface area contributed by atoms with E-state index in [0.717, 1.165) is 23.9 Å². The summed E-state index contributed by atoms with van der Waals surface area (Å²) < 4.78 is 0.954. The average molecular weight is 296 g/mol. The number of likely N-dealkylation sites (N-methyl/N-ethyl adjacent to an activating group) is 1. The van der Waals surface area contributed by atoms with Gasteiger partial charge in [0, 0.05) is 18.4 Å². The van der Waals surface area contributed by atoms with Gasteiger partial charge < -0.3 is 0 Å². The molecule has 0 aromatic heterocycles. The van der Waals surface area contributed by atoms with Crippen LogP contribution >= 0.6 is 6.49 Å². The van der Waals surface area contributed by atoms with Crippen molar-refractivity contribution in [3.8, 4) is 0 Å². The normalized spacial score (nSPS) is 13.1. The standard InChI is InChI=1S/C9H21N4O3PS/c1-3-4-5-6-7-8(13(15)16)9(14)12(2)17(10,11)18/h8H,3-7H2,1-2H3,(H4,10,11,18). The molecule has 0 heterocycles. The van der Waals surface area contributed by atoms with E-state index in [0.29, 0.717) is 6.42 Å². The number of carbonyl (C=O) groups is 1. The molecule has 1 amide bonds. The number of hydrogen-bond acceptors (Lipinski definition) is 4. The van der Waals surface area contributed by atoms with E-state index in [-0.39, 0.29) is 6.42 Å². The van der Waals surface area contributed by atoms with Crippen LogP contribution < -0.4 is 11.0 Å². The van der Waals surface area contributed by atoms with E-state index >= 15 is 0 Å². The number of carbonyl (C=O) groups excluding carboxylic acids is 1. The van der Waals surface area contributed by atoms with Gasteiger partial charge in [0.2, 0.25) is 0 Å². The lowest BCUT2D eigenvalue weighted by Gasteiger charge is -2.25. The summed E-state index contributed by atoms with van der Waals surface area (Å²) in [6.07, 6.45) is 3.74. The van der Waals surface area contributed by atoms with Gasteiger partial charge in [-0.1, -0.05) is 26.2 Å². The fraction of sp³-hybridized carbons (Fsp3) is 0.889. The molecular weight excluding hydrogens is 275 g/mol. The molecule has 0 bridgehead atoms. The maximum Gasteiger partial charge on any atom is 0.302 e. The van der Waals surface area contributed by atoms with Crippen LogP contribution in [0.15, 0.2) is 0 Å². The molecule has 0 aliphatic heterocycles. The molecule has 4 N–H and O–H groups in total. The van der Waals surface area contributed by atoms with Crippen molar-refractivity contribution in [2.75, 3.05) is 7.05 Å². The van der Waals surface area contributed by atoms with Crippen LogP contribution in [0.5, 0.6) is 0 Å². The minimum Gasteiger partial charge on any atom is -0.289 e. The van der Waals surface area contributed by atoms with Crippen LogP contribution in [0.1, 0.15) is 39.0 Å². The van der Waals surface area contributed by atoms with Gasteiger partial charge in [0.15, 0.2) is 6.49 Å². The first kappa shape index (κ1) is 17.4. The second-order valence-electron chi connectivity index (χ2n) is 4.18. The maximum absolute atomic E-state index is 11.9. The first-order chi connectivity index (χ1) is 8.21. The Morgan fingerprint density at radius 1 is 1.44 bits per heavy atom. The van der Waals surface area contributed by atoms with E-state index in [1.54, 1.807) is 0 Å². The van der Waals surface area contributed by atoms with Crippen molar-refractivity contribution in [1.29, 1.82) is 0 Å². The molecule has 0 rings (SSSR count). The quantitative estimate of drug-likeness (QED) is 0.301. The second-order valence-corrected chi connectivity index (χ2v) is 7.88. The van der Waals surface area contributed by atoms with E-state index in [4.69, 9.17) is 22.8 Å². The number of nitrogens with zero attached hydrogens (tertiary/aromatic N) is 2. The predicted octanol–water partition coefficient (Wildman–Crippen LogP) is 1.20. The third-order valence-electron chi connectivity index (χ3n) is 2.66. The Balaban J connectivity index is 4.56. The monoisotopic (exact) mass is 296 g/mol. The Morgan fingerprint density at radius 3 is 2.39 bits per heavy atom. The van der Waals surface area contributed by atoms with Crippen LogP contribution in [0, 0.1) is 10.1 Å². The lowest BCUT2D eigenvalue weighted by Crippen LogP contribution is -2.42. The Labute approximate surface area is 112 Å². The fourth-order valence-corrected chi connectivity index (χ4v) is 2.14. The molecule has 0 saturated carbocycles. The zero-order valence-corrected chi connectivity index (χ0v) is 12.5. The Bertz CT molecular complexity index is 347. The van der Waals surface area contributed by atoms with E-state index in [2.05, 4.69) is 0 Å². The molecule has 0 fully saturated rings. The Morgan fingerprint density at radius 2 is 2.00 bits per heavy atom. The van der Waals surface area contributed by atoms with Crippen molar-refractivity contribution in [2.24, 2.45) is 11.0 Å². The second kappa shape index (κ2) is 7.78. The van der Waals surface area contributed by atoms with Gasteiger partial charge in [0.1, 0.15) is 0 Å². The van der Waals surface area contributed by atoms with Crippen LogP contribution in [0.25, 0.3) is 0 Å². The van der Waals surface area contributed by atoms with Crippen molar-refractivity contribution in [1.82, 2.24) is 4.67 Å². The summed E-state index contributed by atoms with van der Waals surface area (Å²) in [5, 5.41) is 10.9. The van der Waals surface area contributed by atoms with Crippen molar-refractivity contribution in [2.45, 2.75) is 45.1 Å². The molecular formula is C9H21N4O3PS. The Hall–Kier alpha value is -0.560. The SMILES string of the molecule is CCCCCCC(C(=O)N(C)P(N)(N)=S)[N+](=O)[O-]. The van der Waals surface area contributed by atoms with Crippen molar-refractivity contribution >= 4 is 24.2 Å². The molecule has 106 valence electrons. The number of amides is 1. The number of nitrogens with two attached hydrogens (primary N) is 2. The molecule has 9 heteroatoms. The first-order valence-corrected chi connectivity index (χ1v) is 8.69. The van der Waals surface area contributed by atoms with Gasteiger partial charge in [-0.2, -0.15) is 0 Å². The van der Waals surface area contributed by atoms with Crippen molar-refractivity contribution in [3.63, 3.8) is 0 Å². The number of hydrogen-bond donors (Lipinski definition) is 2. The summed E-state index contributed by atoms with van der Waals surface area (Å²) in [6.45, 7) is -0.894. The van der Waals surface area contributed by atoms with Crippen LogP contribution in [-0.4, -0.2) is 28.6 Å². The van der Waals surface area contributed by atoms with Gasteiger partial charge in [0.25, 0.3) is 6.04 Å². The number of unbranched alkanes of at least 4 members (excludes halogenated alkanes) is 3. The summed E-state index contributed by atoms with van der Waals surface area (Å²) in [4.78, 5) is 22.2. The van der Waals surface area contributed by atoms with E-state index < -0.39 is 23.4 Å². The lowest BCUT2D eigenvalue weighted by atomic mass is 10.1. The van der Waals surface area contributed by atoms with E-state index in [1.165, 1.54) is 7.05 Å². The zero-order chi connectivity index (χ0) is 14.3. The lowest BCUT2D eigenvalue weighted by molar-refractivity contribution is -0.509. The molecule has 0 aromatic carbocycles. The summed E-state index contributed by atoms with van der Waals surface area (Å²) in [6, 6.07) is -1.29. The molecule has 7 nitrogen and oxygen atoms in total.